The number of halogens is 2. The van der Waals surface area contributed by atoms with Crippen LogP contribution in [0.2, 0.25) is 0 Å². The molecule has 0 saturated carbocycles. The molecule has 9 heteroatoms. The van der Waals surface area contributed by atoms with Crippen molar-refractivity contribution in [1.82, 2.24) is 15.0 Å². The van der Waals surface area contributed by atoms with E-state index in [1.807, 2.05) is 0 Å². The lowest BCUT2D eigenvalue weighted by Gasteiger charge is -2.13. The van der Waals surface area contributed by atoms with Crippen molar-refractivity contribution in [2.75, 3.05) is 7.11 Å². The van der Waals surface area contributed by atoms with Gasteiger partial charge >= 0.3 is 0 Å². The first kappa shape index (κ1) is 24.5. The molecule has 0 spiro atoms. The smallest absolute Gasteiger partial charge is 0.184 e. The van der Waals surface area contributed by atoms with Crippen LogP contribution in [-0.4, -0.2) is 30.5 Å². The minimum absolute atomic E-state index is 0.170. The third kappa shape index (κ3) is 5.03. The van der Waals surface area contributed by atoms with E-state index in [0.29, 0.717) is 44.9 Å². The van der Waals surface area contributed by atoms with Crippen molar-refractivity contribution in [2.45, 2.75) is 17.6 Å². The van der Waals surface area contributed by atoms with Crippen LogP contribution in [0.15, 0.2) is 84.1 Å². The fourth-order valence-corrected chi connectivity index (χ4v) is 5.51. The van der Waals surface area contributed by atoms with E-state index in [1.165, 1.54) is 25.6 Å². The highest BCUT2D eigenvalue weighted by Gasteiger charge is 2.19. The molecule has 6 nitrogen and oxygen atoms in total. The van der Waals surface area contributed by atoms with E-state index in [-0.39, 0.29) is 10.6 Å². The van der Waals surface area contributed by atoms with Crippen molar-refractivity contribution in [3.05, 3.63) is 102 Å². The zero-order valence-electron chi connectivity index (χ0n) is 19.9. The Morgan fingerprint density at radius 1 is 0.838 bits per heavy atom. The van der Waals surface area contributed by atoms with Crippen molar-refractivity contribution in [2.24, 2.45) is 0 Å². The van der Waals surface area contributed by atoms with E-state index in [1.54, 1.807) is 61.7 Å². The van der Waals surface area contributed by atoms with Crippen LogP contribution in [0.5, 0.6) is 5.75 Å². The first-order valence-corrected chi connectivity index (χ1v) is 12.9. The molecule has 186 valence electrons. The lowest BCUT2D eigenvalue weighted by atomic mass is 9.99. The van der Waals surface area contributed by atoms with Crippen LogP contribution in [0.25, 0.3) is 33.2 Å². The van der Waals surface area contributed by atoms with Crippen molar-refractivity contribution >= 4 is 20.6 Å². The summed E-state index contributed by atoms with van der Waals surface area (Å²) < 4.78 is 59.2. The molecule has 5 rings (SSSR count). The van der Waals surface area contributed by atoms with E-state index in [4.69, 9.17) is 4.74 Å². The number of methoxy groups -OCH3 is 1. The molecule has 0 N–H and O–H groups in total. The average molecular weight is 518 g/mol. The number of aromatic nitrogens is 3. The zero-order chi connectivity index (χ0) is 26.2. The second-order valence-electron chi connectivity index (χ2n) is 8.53. The van der Waals surface area contributed by atoms with Gasteiger partial charge in [-0.1, -0.05) is 12.1 Å². The molecule has 0 unspecified atom stereocenters. The van der Waals surface area contributed by atoms with E-state index >= 15 is 0 Å². The number of pyridine rings is 1. The summed E-state index contributed by atoms with van der Waals surface area (Å²) in [7, 11) is -2.15. The molecule has 2 aromatic heterocycles. The van der Waals surface area contributed by atoms with E-state index in [2.05, 4.69) is 15.0 Å². The van der Waals surface area contributed by atoms with E-state index in [9.17, 15) is 17.2 Å². The van der Waals surface area contributed by atoms with Gasteiger partial charge in [0.05, 0.1) is 29.1 Å². The van der Waals surface area contributed by atoms with Gasteiger partial charge in [-0.05, 0) is 72.0 Å². The number of ether oxygens (including phenoxy) is 1. The van der Waals surface area contributed by atoms with E-state index in [0.717, 1.165) is 11.5 Å². The van der Waals surface area contributed by atoms with Gasteiger partial charge in [-0.25, -0.2) is 27.2 Å². The molecule has 3 aromatic carbocycles. The Bertz CT molecular complexity index is 1740. The van der Waals surface area contributed by atoms with Crippen LogP contribution in [0, 0.1) is 18.6 Å². The highest BCUT2D eigenvalue weighted by molar-refractivity contribution is 7.90. The predicted molar refractivity (Wildman–Crippen MR) is 137 cm³/mol. The lowest BCUT2D eigenvalue weighted by molar-refractivity contribution is 0.416. The summed E-state index contributed by atoms with van der Waals surface area (Å²) in [5, 5.41) is 1.41. The Morgan fingerprint density at radius 3 is 2.35 bits per heavy atom. The van der Waals surface area contributed by atoms with Gasteiger partial charge in [0.1, 0.15) is 23.7 Å². The molecule has 0 fully saturated rings. The zero-order valence-corrected chi connectivity index (χ0v) is 20.8. The number of sulfone groups is 1. The van der Waals surface area contributed by atoms with Gasteiger partial charge in [-0.15, -0.1) is 0 Å². The van der Waals surface area contributed by atoms with Crippen molar-refractivity contribution in [1.29, 1.82) is 0 Å². The van der Waals surface area contributed by atoms with Crippen molar-refractivity contribution < 1.29 is 21.9 Å². The van der Waals surface area contributed by atoms with Crippen molar-refractivity contribution in [3.63, 3.8) is 0 Å². The fourth-order valence-electron chi connectivity index (χ4n) is 4.22. The van der Waals surface area contributed by atoms with Gasteiger partial charge in [-0.2, -0.15) is 0 Å². The molecule has 0 radical (unpaired) electrons. The summed E-state index contributed by atoms with van der Waals surface area (Å²) in [4.78, 5) is 12.8. The van der Waals surface area contributed by atoms with Crippen LogP contribution in [-0.2, 0) is 15.6 Å². The van der Waals surface area contributed by atoms with Crippen LogP contribution in [0.4, 0.5) is 8.78 Å². The molecule has 0 atom stereocenters. The molecular formula is C28H21F2N3O3S. The van der Waals surface area contributed by atoms with Crippen LogP contribution < -0.4 is 4.74 Å². The second-order valence-corrected chi connectivity index (χ2v) is 10.5. The van der Waals surface area contributed by atoms with E-state index < -0.39 is 21.5 Å². The third-order valence-corrected chi connectivity index (χ3v) is 7.59. The number of hydrogen-bond donors (Lipinski definition) is 0. The summed E-state index contributed by atoms with van der Waals surface area (Å²) in [6.45, 7) is 1.78. The van der Waals surface area contributed by atoms with Crippen LogP contribution in [0.3, 0.4) is 0 Å². The summed E-state index contributed by atoms with van der Waals surface area (Å²) in [6, 6.07) is 16.8. The molecule has 0 saturated heterocycles. The Balaban J connectivity index is 1.55. The summed E-state index contributed by atoms with van der Waals surface area (Å²) in [6.07, 6.45) is 2.94. The molecule has 0 aliphatic carbocycles. The van der Waals surface area contributed by atoms with Gasteiger partial charge in [0.25, 0.3) is 0 Å². The first-order chi connectivity index (χ1) is 17.7. The minimum Gasteiger partial charge on any atom is -0.496 e. The number of nitrogens with zero attached hydrogens (tertiary/aromatic N) is 3. The normalized spacial score (nSPS) is 11.6. The minimum atomic E-state index is -3.65. The first-order valence-electron chi connectivity index (χ1n) is 11.3. The summed E-state index contributed by atoms with van der Waals surface area (Å²) >= 11 is 0. The Kier molecular flexibility index (Phi) is 6.39. The second kappa shape index (κ2) is 9.67. The molecule has 0 aliphatic rings. The molecule has 0 amide bonds. The number of benzene rings is 3. The lowest BCUT2D eigenvalue weighted by Crippen LogP contribution is -2.07. The average Bonchev–Trinajstić information content (AvgIpc) is 2.87. The maximum atomic E-state index is 13.7. The Hall–Kier alpha value is -4.24. The molecule has 0 aliphatic heterocycles. The number of aryl methyl sites for hydroxylation is 1. The topological polar surface area (TPSA) is 82.0 Å². The quantitative estimate of drug-likeness (QED) is 0.278. The molecule has 2 heterocycles. The highest BCUT2D eigenvalue weighted by Crippen LogP contribution is 2.37. The van der Waals surface area contributed by atoms with Gasteiger partial charge in [0, 0.05) is 28.9 Å². The van der Waals surface area contributed by atoms with Gasteiger partial charge < -0.3 is 4.74 Å². The van der Waals surface area contributed by atoms with Crippen LogP contribution in [0.1, 0.15) is 11.4 Å². The van der Waals surface area contributed by atoms with Gasteiger partial charge in [0.2, 0.25) is 0 Å². The predicted octanol–water partition coefficient (Wildman–Crippen LogP) is 5.93. The number of fused-ring (bicyclic) bond motifs is 1. The maximum absolute atomic E-state index is 13.7. The number of rotatable bonds is 6. The third-order valence-electron chi connectivity index (χ3n) is 5.95. The molecule has 37 heavy (non-hydrogen) atoms. The number of hydrogen-bond acceptors (Lipinski definition) is 6. The Labute approximate surface area is 212 Å². The highest BCUT2D eigenvalue weighted by atomic mass is 32.2. The molecule has 0 bridgehead atoms. The van der Waals surface area contributed by atoms with Crippen molar-refractivity contribution in [3.8, 4) is 28.1 Å². The summed E-state index contributed by atoms with van der Waals surface area (Å²) in [5.41, 5.74) is 3.31. The fraction of sp³-hybridized carbons (Fsp3) is 0.107. The van der Waals surface area contributed by atoms with Crippen LogP contribution >= 0.6 is 0 Å². The molecule has 5 aromatic rings. The largest absolute Gasteiger partial charge is 0.496 e. The standard InChI is InChI=1S/C28H21F2N3O3S/c1-17-9-23(33-16-32-17)15-37(34,35)24-4-6-25-19(12-24)7-8-31-28(25)26-5-3-18(13-27(26)36-2)20-10-21(29)14-22(30)11-20/h3-14,16H,15H2,1-2H3. The SMILES string of the molecule is COc1cc(-c2cc(F)cc(F)c2)ccc1-c1nccc2cc(S(=O)(=O)Cc3cc(C)ncn3)ccc12. The van der Waals surface area contributed by atoms with Gasteiger partial charge in [0.15, 0.2) is 9.84 Å². The Morgan fingerprint density at radius 2 is 1.62 bits per heavy atom. The monoisotopic (exact) mass is 517 g/mol. The summed E-state index contributed by atoms with van der Waals surface area (Å²) in [5.74, 6) is -1.13. The van der Waals surface area contributed by atoms with Gasteiger partial charge in [-0.3, -0.25) is 4.98 Å². The molecular weight excluding hydrogens is 496 g/mol. The maximum Gasteiger partial charge on any atom is 0.184 e.